The van der Waals surface area contributed by atoms with Gasteiger partial charge in [-0.3, -0.25) is 0 Å². The fourth-order valence-corrected chi connectivity index (χ4v) is 0.787. The molecule has 0 N–H and O–H groups in total. The van der Waals surface area contributed by atoms with Crippen molar-refractivity contribution in [3.05, 3.63) is 36.5 Å². The van der Waals surface area contributed by atoms with Crippen molar-refractivity contribution < 1.29 is 13.2 Å². The van der Waals surface area contributed by atoms with Gasteiger partial charge < -0.3 is 0 Å². The Morgan fingerprint density at radius 2 is 1.80 bits per heavy atom. The fraction of sp³-hybridized carbons (Fsp3) is 0.500. The third-order valence-electron chi connectivity index (χ3n) is 1.42. The molecule has 0 aromatic rings. The smallest absolute Gasteiger partial charge is 0.171 e. The Labute approximate surface area is 90.2 Å². The first kappa shape index (κ1) is 16.4. The summed E-state index contributed by atoms with van der Waals surface area (Å²) in [6.45, 7) is 9.35. The van der Waals surface area contributed by atoms with Gasteiger partial charge >= 0.3 is 6.18 Å². The van der Waals surface area contributed by atoms with Crippen LogP contribution in [0.3, 0.4) is 0 Å². The Morgan fingerprint density at radius 1 is 1.27 bits per heavy atom. The average molecular weight is 220 g/mol. The molecule has 0 heterocycles. The van der Waals surface area contributed by atoms with E-state index >= 15 is 0 Å². The molecule has 0 aromatic heterocycles. The summed E-state index contributed by atoms with van der Waals surface area (Å²) >= 11 is 0. The van der Waals surface area contributed by atoms with Gasteiger partial charge in [0.25, 0.3) is 0 Å². The van der Waals surface area contributed by atoms with Gasteiger partial charge in [0.2, 0.25) is 0 Å². The maximum Gasteiger partial charge on any atom is 0.392 e. The molecule has 0 nitrogen and oxygen atoms in total. The van der Waals surface area contributed by atoms with E-state index in [2.05, 4.69) is 6.58 Å². The minimum Gasteiger partial charge on any atom is -0.171 e. The van der Waals surface area contributed by atoms with Crippen molar-refractivity contribution in [1.82, 2.24) is 0 Å². The van der Waals surface area contributed by atoms with Crippen LogP contribution in [0.4, 0.5) is 13.2 Å². The number of halogens is 3. The number of allylic oxidation sites excluding steroid dienone is 5. The van der Waals surface area contributed by atoms with Crippen LogP contribution in [0.15, 0.2) is 36.5 Å². The van der Waals surface area contributed by atoms with E-state index in [1.807, 2.05) is 20.8 Å². The zero-order valence-corrected chi connectivity index (χ0v) is 9.56. The summed E-state index contributed by atoms with van der Waals surface area (Å²) in [6.07, 6.45) is 1.60. The summed E-state index contributed by atoms with van der Waals surface area (Å²) in [5, 5.41) is 0. The van der Waals surface area contributed by atoms with Gasteiger partial charge in [0.15, 0.2) is 0 Å². The van der Waals surface area contributed by atoms with Gasteiger partial charge in [-0.15, -0.1) is 0 Å². The molecule has 0 bridgehead atoms. The Kier molecular flexibility index (Phi) is 10.5. The second-order valence-electron chi connectivity index (χ2n) is 2.55. The summed E-state index contributed by atoms with van der Waals surface area (Å²) in [7, 11) is 0. The Bertz CT molecular complexity index is 209. The minimum absolute atomic E-state index is 0.709. The van der Waals surface area contributed by atoms with Crippen molar-refractivity contribution in [2.24, 2.45) is 0 Å². The number of alkyl halides is 3. The van der Waals surface area contributed by atoms with Crippen LogP contribution in [-0.2, 0) is 0 Å². The lowest BCUT2D eigenvalue weighted by Crippen LogP contribution is -2.04. The van der Waals surface area contributed by atoms with Crippen LogP contribution in [0, 0.1) is 0 Å². The van der Waals surface area contributed by atoms with Gasteiger partial charge in [0, 0.05) is 0 Å². The molecule has 0 aliphatic carbocycles. The highest BCUT2D eigenvalue weighted by Crippen LogP contribution is 2.20. The molecule has 0 atom stereocenters. The zero-order chi connectivity index (χ0) is 12.3. The summed E-state index contributed by atoms with van der Waals surface area (Å²) in [5.74, 6) is 0. The highest BCUT2D eigenvalue weighted by molar-refractivity contribution is 5.22. The normalized spacial score (nSPS) is 12.3. The van der Waals surface area contributed by atoms with Gasteiger partial charge in [-0.1, -0.05) is 51.7 Å². The molecule has 15 heavy (non-hydrogen) atoms. The van der Waals surface area contributed by atoms with E-state index in [1.165, 1.54) is 6.08 Å². The molecule has 0 aromatic carbocycles. The number of hydrogen-bond donors (Lipinski definition) is 0. The lowest BCUT2D eigenvalue weighted by atomic mass is 10.1. The van der Waals surface area contributed by atoms with Crippen LogP contribution >= 0.6 is 0 Å². The van der Waals surface area contributed by atoms with Crippen LogP contribution in [0.5, 0.6) is 0 Å². The predicted octanol–water partition coefficient (Wildman–Crippen LogP) is 5.04. The zero-order valence-electron chi connectivity index (χ0n) is 9.56. The van der Waals surface area contributed by atoms with Crippen LogP contribution in [0.1, 0.15) is 33.6 Å². The van der Waals surface area contributed by atoms with Gasteiger partial charge in [0.05, 0.1) is 6.42 Å². The quantitative estimate of drug-likeness (QED) is 0.582. The minimum atomic E-state index is -4.11. The van der Waals surface area contributed by atoms with Crippen LogP contribution in [0.25, 0.3) is 0 Å². The Balaban J connectivity index is 0. The highest BCUT2D eigenvalue weighted by atomic mass is 19.4. The van der Waals surface area contributed by atoms with Gasteiger partial charge in [0.1, 0.15) is 0 Å². The van der Waals surface area contributed by atoms with Crippen molar-refractivity contribution >= 4 is 0 Å². The molecule has 0 radical (unpaired) electrons. The van der Waals surface area contributed by atoms with E-state index in [-0.39, 0.29) is 0 Å². The van der Waals surface area contributed by atoms with E-state index in [1.54, 1.807) is 12.2 Å². The Hall–Kier alpha value is -0.990. The second-order valence-corrected chi connectivity index (χ2v) is 2.55. The highest BCUT2D eigenvalue weighted by Gasteiger charge is 2.24. The first-order valence-electron chi connectivity index (χ1n) is 5.04. The number of rotatable bonds is 4. The summed E-state index contributed by atoms with van der Waals surface area (Å²) in [4.78, 5) is 0. The van der Waals surface area contributed by atoms with Gasteiger partial charge in [-0.05, 0) is 12.0 Å². The van der Waals surface area contributed by atoms with Crippen LogP contribution in [-0.4, -0.2) is 6.18 Å². The SMILES string of the molecule is C=C/C=C(\C=C/CC(F)(F)F)CC.CC. The van der Waals surface area contributed by atoms with E-state index in [0.717, 1.165) is 11.6 Å². The molecule has 0 unspecified atom stereocenters. The Morgan fingerprint density at radius 3 is 2.13 bits per heavy atom. The van der Waals surface area contributed by atoms with Crippen molar-refractivity contribution in [2.45, 2.75) is 39.8 Å². The first-order chi connectivity index (χ1) is 6.99. The lowest BCUT2D eigenvalue weighted by Gasteiger charge is -2.00. The molecule has 0 saturated carbocycles. The molecule has 0 amide bonds. The average Bonchev–Trinajstić information content (AvgIpc) is 2.18. The molecule has 0 spiro atoms. The summed E-state index contributed by atoms with van der Waals surface area (Å²) in [6, 6.07) is 0. The fourth-order valence-electron chi connectivity index (χ4n) is 0.787. The number of hydrogen-bond acceptors (Lipinski definition) is 0. The third-order valence-corrected chi connectivity index (χ3v) is 1.42. The lowest BCUT2D eigenvalue weighted by molar-refractivity contribution is -0.125. The van der Waals surface area contributed by atoms with E-state index < -0.39 is 12.6 Å². The standard InChI is InChI=1S/C10H13F3.C2H6/c1-3-6-9(4-2)7-5-8-10(11,12)13;1-2/h3,5-7H,1,4,8H2,2H3;1-2H3/b7-5-,9-6-;. The molecular formula is C12H19F3. The van der Waals surface area contributed by atoms with E-state index in [9.17, 15) is 13.2 Å². The molecule has 0 saturated heterocycles. The maximum absolute atomic E-state index is 11.7. The molecule has 0 fully saturated rings. The topological polar surface area (TPSA) is 0 Å². The van der Waals surface area contributed by atoms with E-state index in [4.69, 9.17) is 0 Å². The molecule has 0 aliphatic rings. The van der Waals surface area contributed by atoms with Crippen molar-refractivity contribution in [1.29, 1.82) is 0 Å². The molecule has 0 rings (SSSR count). The third kappa shape index (κ3) is 13.0. The summed E-state index contributed by atoms with van der Waals surface area (Å²) in [5.41, 5.74) is 0.847. The molecule has 88 valence electrons. The van der Waals surface area contributed by atoms with E-state index in [0.29, 0.717) is 6.42 Å². The van der Waals surface area contributed by atoms with Gasteiger partial charge in [-0.2, -0.15) is 13.2 Å². The first-order valence-corrected chi connectivity index (χ1v) is 5.04. The molecule has 3 heteroatoms. The summed E-state index contributed by atoms with van der Waals surface area (Å²) < 4.78 is 35.1. The maximum atomic E-state index is 11.7. The van der Waals surface area contributed by atoms with Crippen molar-refractivity contribution in [3.63, 3.8) is 0 Å². The van der Waals surface area contributed by atoms with Crippen LogP contribution < -0.4 is 0 Å². The van der Waals surface area contributed by atoms with Crippen LogP contribution in [0.2, 0.25) is 0 Å². The predicted molar refractivity (Wildman–Crippen MR) is 59.7 cm³/mol. The monoisotopic (exact) mass is 220 g/mol. The largest absolute Gasteiger partial charge is 0.392 e. The second kappa shape index (κ2) is 9.56. The molecule has 0 aliphatic heterocycles. The van der Waals surface area contributed by atoms with Crippen molar-refractivity contribution in [3.8, 4) is 0 Å². The van der Waals surface area contributed by atoms with Crippen molar-refractivity contribution in [2.75, 3.05) is 0 Å². The molecular weight excluding hydrogens is 201 g/mol. The van der Waals surface area contributed by atoms with Gasteiger partial charge in [-0.25, -0.2) is 0 Å².